The predicted octanol–water partition coefficient (Wildman–Crippen LogP) is 4.76. The summed E-state index contributed by atoms with van der Waals surface area (Å²) in [5.41, 5.74) is 4.59. The highest BCUT2D eigenvalue weighted by atomic mass is 16.5. The minimum Gasteiger partial charge on any atom is -0.496 e. The van der Waals surface area contributed by atoms with E-state index in [1.165, 1.54) is 48.9 Å². The van der Waals surface area contributed by atoms with Crippen LogP contribution in [0.15, 0.2) is 46.9 Å². The molecule has 3 nitrogen and oxygen atoms in total. The van der Waals surface area contributed by atoms with Crippen LogP contribution in [0.2, 0.25) is 0 Å². The van der Waals surface area contributed by atoms with E-state index < -0.39 is 0 Å². The largest absolute Gasteiger partial charge is 0.496 e. The Hall–Kier alpha value is -2.26. The zero-order valence-electron chi connectivity index (χ0n) is 16.7. The molecule has 0 radical (unpaired) electrons. The quantitative estimate of drug-likeness (QED) is 0.706. The van der Waals surface area contributed by atoms with Crippen molar-refractivity contribution in [3.63, 3.8) is 0 Å². The van der Waals surface area contributed by atoms with Gasteiger partial charge in [-0.3, -0.25) is 0 Å². The van der Waals surface area contributed by atoms with Crippen LogP contribution >= 0.6 is 0 Å². The molecule has 0 aliphatic carbocycles. The lowest BCUT2D eigenvalue weighted by molar-refractivity contribution is -0.944. The van der Waals surface area contributed by atoms with E-state index in [-0.39, 0.29) is 0 Å². The van der Waals surface area contributed by atoms with Crippen molar-refractivity contribution in [1.82, 2.24) is 0 Å². The number of quaternary nitrogens is 1. The van der Waals surface area contributed by atoms with Gasteiger partial charge in [0.05, 0.1) is 25.3 Å². The zero-order valence-corrected chi connectivity index (χ0v) is 16.7. The maximum absolute atomic E-state index is 6.17. The fourth-order valence-corrected chi connectivity index (χ4v) is 4.70. The van der Waals surface area contributed by atoms with Crippen LogP contribution in [-0.2, 0) is 6.54 Å². The van der Waals surface area contributed by atoms with Gasteiger partial charge in [-0.05, 0) is 50.3 Å². The van der Waals surface area contributed by atoms with Gasteiger partial charge in [0.25, 0.3) is 0 Å². The summed E-state index contributed by atoms with van der Waals surface area (Å²) in [6.45, 7) is 6.64. The molecule has 3 heteroatoms. The lowest BCUT2D eigenvalue weighted by Gasteiger charge is -2.32. The molecular weight excluding hydrogens is 334 g/mol. The Bertz CT molecular complexity index is 913. The average Bonchev–Trinajstić information content (AvgIpc) is 3.03. The molecular formula is C24H30NO2+. The minimum atomic E-state index is 0.761. The summed E-state index contributed by atoms with van der Waals surface area (Å²) in [4.78, 5) is 1.69. The van der Waals surface area contributed by atoms with E-state index in [0.29, 0.717) is 0 Å². The van der Waals surface area contributed by atoms with Crippen LogP contribution in [0.4, 0.5) is 0 Å². The normalized spacial score (nSPS) is 20.1. The van der Waals surface area contributed by atoms with Gasteiger partial charge in [0.2, 0.25) is 0 Å². The molecule has 0 amide bonds. The Morgan fingerprint density at radius 1 is 1.15 bits per heavy atom. The van der Waals surface area contributed by atoms with E-state index in [0.717, 1.165) is 35.1 Å². The number of benzene rings is 2. The highest BCUT2D eigenvalue weighted by molar-refractivity contribution is 5.97. The SMILES string of the molecule is CC[C@@H]1CCCC[NH+]1Cc1cc2oc(C)c(-c3ccccc3)c2cc1OC. The summed E-state index contributed by atoms with van der Waals surface area (Å²) >= 11 is 0. The van der Waals surface area contributed by atoms with Crippen molar-refractivity contribution in [2.45, 2.75) is 52.1 Å². The van der Waals surface area contributed by atoms with Gasteiger partial charge in [-0.2, -0.15) is 0 Å². The third kappa shape index (κ3) is 3.49. The van der Waals surface area contributed by atoms with Crippen molar-refractivity contribution in [3.8, 4) is 16.9 Å². The smallest absolute Gasteiger partial charge is 0.135 e. The first-order chi connectivity index (χ1) is 13.2. The Kier molecular flexibility index (Phi) is 5.22. The number of methoxy groups -OCH3 is 1. The van der Waals surface area contributed by atoms with Crippen molar-refractivity contribution in [3.05, 3.63) is 53.8 Å². The van der Waals surface area contributed by atoms with Crippen LogP contribution in [0.25, 0.3) is 22.1 Å². The van der Waals surface area contributed by atoms with E-state index >= 15 is 0 Å². The molecule has 0 spiro atoms. The fourth-order valence-electron chi connectivity index (χ4n) is 4.70. The summed E-state index contributed by atoms with van der Waals surface area (Å²) < 4.78 is 12.0. The second kappa shape index (κ2) is 7.77. The van der Waals surface area contributed by atoms with Crippen LogP contribution in [0.5, 0.6) is 5.75 Å². The molecule has 2 heterocycles. The maximum atomic E-state index is 6.17. The standard InChI is InChI=1S/C24H29NO2/c1-4-20-12-8-9-13-25(20)16-19-14-23-21(15-22(19)26-3)24(17(2)27-23)18-10-6-5-7-11-18/h5-7,10-11,14-15,20H,4,8-9,12-13,16H2,1-3H3/p+1/t20-/m1/s1. The molecule has 2 aromatic carbocycles. The molecule has 1 unspecified atom stereocenters. The Morgan fingerprint density at radius 2 is 1.96 bits per heavy atom. The molecule has 4 rings (SSSR count). The maximum Gasteiger partial charge on any atom is 0.135 e. The second-order valence-corrected chi connectivity index (χ2v) is 7.75. The monoisotopic (exact) mass is 364 g/mol. The highest BCUT2D eigenvalue weighted by Crippen LogP contribution is 2.37. The van der Waals surface area contributed by atoms with Gasteiger partial charge in [0.1, 0.15) is 23.6 Å². The van der Waals surface area contributed by atoms with Crippen LogP contribution in [0, 0.1) is 6.92 Å². The number of likely N-dealkylation sites (tertiary alicyclic amines) is 1. The number of piperidine rings is 1. The number of aryl methyl sites for hydroxylation is 1. The van der Waals surface area contributed by atoms with Crippen molar-refractivity contribution < 1.29 is 14.1 Å². The van der Waals surface area contributed by atoms with Crippen LogP contribution in [0.1, 0.15) is 43.9 Å². The first kappa shape index (κ1) is 18.1. The summed E-state index contributed by atoms with van der Waals surface area (Å²) in [6, 6.07) is 15.6. The van der Waals surface area contributed by atoms with Gasteiger partial charge >= 0.3 is 0 Å². The van der Waals surface area contributed by atoms with Gasteiger partial charge in [0, 0.05) is 10.9 Å². The Morgan fingerprint density at radius 3 is 2.70 bits per heavy atom. The zero-order chi connectivity index (χ0) is 18.8. The molecule has 1 saturated heterocycles. The number of furan rings is 1. The van der Waals surface area contributed by atoms with Gasteiger partial charge in [-0.1, -0.05) is 37.3 Å². The molecule has 1 aromatic heterocycles. The number of ether oxygens (including phenoxy) is 1. The topological polar surface area (TPSA) is 26.8 Å². The Balaban J connectivity index is 1.75. The van der Waals surface area contributed by atoms with Crippen LogP contribution in [0.3, 0.4) is 0 Å². The molecule has 1 aliphatic rings. The van der Waals surface area contributed by atoms with E-state index in [2.05, 4.69) is 50.2 Å². The third-order valence-corrected chi connectivity index (χ3v) is 6.12. The second-order valence-electron chi connectivity index (χ2n) is 7.75. The summed E-state index contributed by atoms with van der Waals surface area (Å²) in [5.74, 6) is 1.94. The molecule has 0 saturated carbocycles. The fraction of sp³-hybridized carbons (Fsp3) is 0.417. The van der Waals surface area contributed by atoms with Crippen LogP contribution in [-0.4, -0.2) is 19.7 Å². The van der Waals surface area contributed by atoms with E-state index in [1.54, 1.807) is 12.0 Å². The molecule has 1 N–H and O–H groups in total. The number of hydrogen-bond donors (Lipinski definition) is 1. The average molecular weight is 365 g/mol. The minimum absolute atomic E-state index is 0.761. The van der Waals surface area contributed by atoms with Crippen molar-refractivity contribution >= 4 is 11.0 Å². The number of hydrogen-bond acceptors (Lipinski definition) is 2. The molecule has 2 atom stereocenters. The molecule has 3 aromatic rings. The van der Waals surface area contributed by atoms with Crippen molar-refractivity contribution in [1.29, 1.82) is 0 Å². The van der Waals surface area contributed by atoms with Gasteiger partial charge in [0.15, 0.2) is 0 Å². The van der Waals surface area contributed by atoms with Crippen LogP contribution < -0.4 is 9.64 Å². The van der Waals surface area contributed by atoms with E-state index in [4.69, 9.17) is 9.15 Å². The molecule has 0 bridgehead atoms. The third-order valence-electron chi connectivity index (χ3n) is 6.12. The molecule has 1 fully saturated rings. The molecule has 1 aliphatic heterocycles. The van der Waals surface area contributed by atoms with Crippen molar-refractivity contribution in [2.24, 2.45) is 0 Å². The van der Waals surface area contributed by atoms with E-state index in [9.17, 15) is 0 Å². The predicted molar refractivity (Wildman–Crippen MR) is 110 cm³/mol. The van der Waals surface area contributed by atoms with Gasteiger partial charge < -0.3 is 14.1 Å². The first-order valence-electron chi connectivity index (χ1n) is 10.2. The number of nitrogens with one attached hydrogen (secondary N) is 1. The Labute approximate surface area is 161 Å². The van der Waals surface area contributed by atoms with Gasteiger partial charge in [-0.25, -0.2) is 0 Å². The lowest BCUT2D eigenvalue weighted by Crippen LogP contribution is -3.15. The summed E-state index contributed by atoms with van der Waals surface area (Å²) in [7, 11) is 1.78. The lowest BCUT2D eigenvalue weighted by atomic mass is 9.98. The summed E-state index contributed by atoms with van der Waals surface area (Å²) in [5, 5.41) is 1.14. The highest BCUT2D eigenvalue weighted by Gasteiger charge is 2.26. The number of fused-ring (bicyclic) bond motifs is 1. The summed E-state index contributed by atoms with van der Waals surface area (Å²) in [6.07, 6.45) is 5.29. The molecule has 27 heavy (non-hydrogen) atoms. The van der Waals surface area contributed by atoms with Gasteiger partial charge in [-0.15, -0.1) is 0 Å². The van der Waals surface area contributed by atoms with E-state index in [1.807, 2.05) is 6.07 Å². The number of rotatable bonds is 5. The van der Waals surface area contributed by atoms with Crippen molar-refractivity contribution in [2.75, 3.05) is 13.7 Å². The molecule has 142 valence electrons. The first-order valence-corrected chi connectivity index (χ1v) is 10.2.